The number of carbonyl (C=O) groups is 1. The van der Waals surface area contributed by atoms with Crippen molar-refractivity contribution in [1.29, 1.82) is 0 Å². The Labute approximate surface area is 151 Å². The summed E-state index contributed by atoms with van der Waals surface area (Å²) < 4.78 is 24.1. The number of H-pyrrole nitrogens is 1. The third kappa shape index (κ3) is 3.00. The number of benzene rings is 2. The number of aromatic nitrogens is 1. The molecule has 6 nitrogen and oxygen atoms in total. The average Bonchev–Trinajstić information content (AvgIpc) is 3.04. The van der Waals surface area contributed by atoms with Crippen LogP contribution >= 0.6 is 0 Å². The van der Waals surface area contributed by atoms with Crippen LogP contribution in [0.4, 0.5) is 0 Å². The first-order chi connectivity index (χ1) is 12.4. The highest BCUT2D eigenvalue weighted by molar-refractivity contribution is 7.91. The van der Waals surface area contributed by atoms with Crippen LogP contribution in [0.15, 0.2) is 48.7 Å². The number of rotatable bonds is 3. The van der Waals surface area contributed by atoms with Crippen molar-refractivity contribution in [3.8, 4) is 11.1 Å². The maximum Gasteiger partial charge on any atom is 0.250 e. The van der Waals surface area contributed by atoms with Crippen molar-refractivity contribution < 1.29 is 13.2 Å². The molecule has 2 heterocycles. The summed E-state index contributed by atoms with van der Waals surface area (Å²) in [5.41, 5.74) is 9.29. The number of hydrogen-bond donors (Lipinski definition) is 3. The molecule has 26 heavy (non-hydrogen) atoms. The summed E-state index contributed by atoms with van der Waals surface area (Å²) in [5, 5.41) is 4.08. The van der Waals surface area contributed by atoms with Gasteiger partial charge in [0, 0.05) is 24.2 Å². The molecule has 1 saturated heterocycles. The molecule has 1 aliphatic heterocycles. The second kappa shape index (κ2) is 6.26. The molecule has 0 radical (unpaired) electrons. The molecular formula is C19H19N3O3S. The van der Waals surface area contributed by atoms with E-state index in [4.69, 9.17) is 5.73 Å². The average molecular weight is 369 g/mol. The first-order valence-electron chi connectivity index (χ1n) is 8.39. The van der Waals surface area contributed by atoms with Gasteiger partial charge < -0.3 is 16.0 Å². The van der Waals surface area contributed by atoms with E-state index < -0.39 is 15.7 Å². The molecule has 2 aromatic carbocycles. The van der Waals surface area contributed by atoms with Gasteiger partial charge in [-0.05, 0) is 28.8 Å². The quantitative estimate of drug-likeness (QED) is 0.656. The molecule has 0 bridgehead atoms. The van der Waals surface area contributed by atoms with Crippen molar-refractivity contribution in [2.24, 2.45) is 5.73 Å². The molecule has 4 N–H and O–H groups in total. The van der Waals surface area contributed by atoms with Gasteiger partial charge in [-0.1, -0.05) is 30.3 Å². The third-order valence-electron chi connectivity index (χ3n) is 4.79. The Hall–Kier alpha value is -2.64. The van der Waals surface area contributed by atoms with Gasteiger partial charge in [0.25, 0.3) is 5.91 Å². The van der Waals surface area contributed by atoms with E-state index in [0.717, 1.165) is 22.1 Å². The van der Waals surface area contributed by atoms with Gasteiger partial charge in [-0.15, -0.1) is 0 Å². The van der Waals surface area contributed by atoms with Crippen LogP contribution in [0.5, 0.6) is 0 Å². The van der Waals surface area contributed by atoms with E-state index in [2.05, 4.69) is 10.3 Å². The van der Waals surface area contributed by atoms with Crippen molar-refractivity contribution >= 4 is 26.6 Å². The van der Waals surface area contributed by atoms with Gasteiger partial charge in [0.1, 0.15) is 0 Å². The highest BCUT2D eigenvalue weighted by Gasteiger charge is 2.28. The van der Waals surface area contributed by atoms with Crippen LogP contribution in [0.1, 0.15) is 22.0 Å². The lowest BCUT2D eigenvalue weighted by Gasteiger charge is -2.23. The summed E-state index contributed by atoms with van der Waals surface area (Å²) in [6.45, 7) is 0.417. The normalized spacial score (nSPS) is 19.5. The van der Waals surface area contributed by atoms with Crippen molar-refractivity contribution in [2.75, 3.05) is 18.1 Å². The van der Waals surface area contributed by atoms with Gasteiger partial charge in [0.05, 0.1) is 22.6 Å². The summed E-state index contributed by atoms with van der Waals surface area (Å²) in [6.07, 6.45) is 1.77. The third-order valence-corrected chi connectivity index (χ3v) is 6.46. The van der Waals surface area contributed by atoms with E-state index in [1.807, 2.05) is 36.4 Å². The number of primary amides is 1. The molecule has 3 aromatic rings. The summed E-state index contributed by atoms with van der Waals surface area (Å²) >= 11 is 0. The zero-order valence-electron chi connectivity index (χ0n) is 14.0. The number of sulfone groups is 1. The molecule has 0 saturated carbocycles. The number of nitrogens with two attached hydrogens (primary N) is 1. The van der Waals surface area contributed by atoms with Crippen LogP contribution in [0.25, 0.3) is 22.0 Å². The van der Waals surface area contributed by atoms with E-state index in [-0.39, 0.29) is 17.5 Å². The first kappa shape index (κ1) is 16.8. The van der Waals surface area contributed by atoms with Crippen LogP contribution < -0.4 is 11.1 Å². The van der Waals surface area contributed by atoms with Crippen LogP contribution in [-0.4, -0.2) is 37.4 Å². The van der Waals surface area contributed by atoms with Crippen molar-refractivity contribution in [2.45, 2.75) is 6.04 Å². The smallest absolute Gasteiger partial charge is 0.250 e. The Morgan fingerprint density at radius 3 is 2.58 bits per heavy atom. The van der Waals surface area contributed by atoms with Crippen molar-refractivity contribution in [3.05, 3.63) is 59.8 Å². The van der Waals surface area contributed by atoms with Gasteiger partial charge >= 0.3 is 0 Å². The Kier molecular flexibility index (Phi) is 4.05. The van der Waals surface area contributed by atoms with Crippen LogP contribution in [0, 0.1) is 0 Å². The number of fused-ring (bicyclic) bond motifs is 1. The molecule has 1 unspecified atom stereocenters. The lowest BCUT2D eigenvalue weighted by molar-refractivity contribution is 0.100. The Morgan fingerprint density at radius 1 is 1.12 bits per heavy atom. The van der Waals surface area contributed by atoms with Gasteiger partial charge in [0.15, 0.2) is 9.84 Å². The van der Waals surface area contributed by atoms with E-state index in [0.29, 0.717) is 17.6 Å². The zero-order chi connectivity index (χ0) is 18.3. The minimum absolute atomic E-state index is 0.0431. The molecule has 1 amide bonds. The lowest BCUT2D eigenvalue weighted by atomic mass is 9.97. The predicted octanol–water partition coefficient (Wildman–Crippen LogP) is 1.99. The maximum atomic E-state index is 12.0. The number of hydrogen-bond acceptors (Lipinski definition) is 4. The summed E-state index contributed by atoms with van der Waals surface area (Å²) in [4.78, 5) is 15.1. The second-order valence-corrected chi connectivity index (χ2v) is 8.77. The van der Waals surface area contributed by atoms with E-state index in [9.17, 15) is 13.2 Å². The summed E-state index contributed by atoms with van der Waals surface area (Å²) in [7, 11) is -3.08. The van der Waals surface area contributed by atoms with Crippen molar-refractivity contribution in [3.63, 3.8) is 0 Å². The molecule has 1 aliphatic rings. The maximum absolute atomic E-state index is 12.0. The first-order valence-corrected chi connectivity index (χ1v) is 10.2. The molecule has 4 rings (SSSR count). The van der Waals surface area contributed by atoms with E-state index >= 15 is 0 Å². The number of aromatic amines is 1. The fourth-order valence-corrected chi connectivity index (χ4v) is 4.92. The van der Waals surface area contributed by atoms with E-state index in [1.54, 1.807) is 12.3 Å². The topological polar surface area (TPSA) is 105 Å². The van der Waals surface area contributed by atoms with Gasteiger partial charge in [0.2, 0.25) is 0 Å². The molecular weight excluding hydrogens is 350 g/mol. The van der Waals surface area contributed by atoms with E-state index in [1.165, 1.54) is 0 Å². The van der Waals surface area contributed by atoms with Gasteiger partial charge in [-0.25, -0.2) is 8.42 Å². The zero-order valence-corrected chi connectivity index (χ0v) is 14.8. The van der Waals surface area contributed by atoms with Crippen LogP contribution in [0.3, 0.4) is 0 Å². The minimum Gasteiger partial charge on any atom is -0.366 e. The number of carbonyl (C=O) groups excluding carboxylic acids is 1. The fourth-order valence-electron chi connectivity index (χ4n) is 3.52. The summed E-state index contributed by atoms with van der Waals surface area (Å²) in [6, 6.07) is 13.1. The summed E-state index contributed by atoms with van der Waals surface area (Å²) in [5.74, 6) is -0.333. The number of amides is 1. The largest absolute Gasteiger partial charge is 0.366 e. The van der Waals surface area contributed by atoms with Gasteiger partial charge in [-0.3, -0.25) is 4.79 Å². The van der Waals surface area contributed by atoms with Gasteiger partial charge in [-0.2, -0.15) is 0 Å². The molecule has 0 spiro atoms. The Bertz CT molecular complexity index is 1090. The highest BCUT2D eigenvalue weighted by Crippen LogP contribution is 2.33. The fraction of sp³-hybridized carbons (Fsp3) is 0.211. The van der Waals surface area contributed by atoms with Crippen LogP contribution in [0.2, 0.25) is 0 Å². The minimum atomic E-state index is -3.08. The highest BCUT2D eigenvalue weighted by atomic mass is 32.2. The number of nitrogens with one attached hydrogen (secondary N) is 2. The van der Waals surface area contributed by atoms with Crippen molar-refractivity contribution in [1.82, 2.24) is 10.3 Å². The molecule has 134 valence electrons. The standard InChI is InChI=1S/C19H19N3O3S/c20-19(23)15-9-13(12-4-2-1-3-5-12)8-14-16(10-22-18(14)15)17-11-26(24,25)7-6-21-17/h1-5,8-10,17,21-22H,6-7,11H2,(H2,20,23). The Balaban J connectivity index is 1.91. The lowest BCUT2D eigenvalue weighted by Crippen LogP contribution is -2.39. The molecule has 1 aromatic heterocycles. The molecule has 1 atom stereocenters. The molecule has 0 aliphatic carbocycles. The predicted molar refractivity (Wildman–Crippen MR) is 102 cm³/mol. The SMILES string of the molecule is NC(=O)c1cc(-c2ccccc2)cc2c(C3CS(=O)(=O)CCN3)c[nH]c12. The molecule has 7 heteroatoms. The monoisotopic (exact) mass is 369 g/mol. The second-order valence-electron chi connectivity index (χ2n) is 6.54. The molecule has 1 fully saturated rings. The Morgan fingerprint density at radius 2 is 1.88 bits per heavy atom. The van der Waals surface area contributed by atoms with Crippen LogP contribution in [-0.2, 0) is 9.84 Å².